The summed E-state index contributed by atoms with van der Waals surface area (Å²) < 4.78 is 45.5. The Morgan fingerprint density at radius 1 is 1.26 bits per heavy atom. The average Bonchev–Trinajstić information content (AvgIpc) is 3.34. The van der Waals surface area contributed by atoms with Gasteiger partial charge in [-0.3, -0.25) is 14.5 Å². The van der Waals surface area contributed by atoms with Gasteiger partial charge in [-0.1, -0.05) is 0 Å². The molecule has 3 heterocycles. The highest BCUT2D eigenvalue weighted by atomic mass is 35.5. The molecule has 0 aliphatic carbocycles. The molecule has 2 aromatic heterocycles. The summed E-state index contributed by atoms with van der Waals surface area (Å²) in [5.74, 6) is -0.0430. The van der Waals surface area contributed by atoms with E-state index in [-0.39, 0.29) is 17.6 Å². The number of aliphatic hydroxyl groups is 1. The van der Waals surface area contributed by atoms with E-state index in [1.165, 1.54) is 29.1 Å². The van der Waals surface area contributed by atoms with E-state index in [0.29, 0.717) is 49.5 Å². The van der Waals surface area contributed by atoms with Gasteiger partial charge in [-0.05, 0) is 52.7 Å². The lowest BCUT2D eigenvalue weighted by Crippen LogP contribution is -2.51. The van der Waals surface area contributed by atoms with Gasteiger partial charge in [-0.25, -0.2) is 0 Å². The normalized spacial score (nSPS) is 17.4. The fraction of sp³-hybridized carbons (Fsp3) is 0.429. The van der Waals surface area contributed by atoms with Crippen LogP contribution in [-0.2, 0) is 12.7 Å². The van der Waals surface area contributed by atoms with Gasteiger partial charge in [0.05, 0.1) is 23.9 Å². The first-order chi connectivity index (χ1) is 16.4. The molecule has 1 saturated heterocycles. The first-order valence-electron chi connectivity index (χ1n) is 10.6. The van der Waals surface area contributed by atoms with E-state index < -0.39 is 22.3 Å². The topological polar surface area (TPSA) is 113 Å². The summed E-state index contributed by atoms with van der Waals surface area (Å²) in [6.07, 6.45) is -1.77. The van der Waals surface area contributed by atoms with Crippen LogP contribution in [0.2, 0.25) is 5.28 Å². The molecule has 0 radical (unpaired) electrons. The molecule has 1 fully saturated rings. The second kappa shape index (κ2) is 9.47. The Morgan fingerprint density at radius 3 is 2.60 bits per heavy atom. The first kappa shape index (κ1) is 24.9. The van der Waals surface area contributed by atoms with Crippen LogP contribution in [-0.4, -0.2) is 74.0 Å². The molecule has 0 amide bonds. The second-order valence-corrected chi connectivity index (χ2v) is 8.96. The maximum Gasteiger partial charge on any atom is 0.416 e. The Balaban J connectivity index is 1.31. The zero-order valence-electron chi connectivity index (χ0n) is 18.6. The molecule has 4 rings (SSSR count). The van der Waals surface area contributed by atoms with Gasteiger partial charge in [0, 0.05) is 38.1 Å². The molecule has 10 nitrogen and oxygen atoms in total. The molecular weight excluding hydrogens is 493 g/mol. The van der Waals surface area contributed by atoms with Crippen LogP contribution < -0.4 is 0 Å². The van der Waals surface area contributed by atoms with Gasteiger partial charge in [-0.2, -0.15) is 18.3 Å². The number of benzene rings is 1. The summed E-state index contributed by atoms with van der Waals surface area (Å²) in [6, 6.07) is 4.81. The zero-order chi connectivity index (χ0) is 25.4. The van der Waals surface area contributed by atoms with Gasteiger partial charge < -0.3 is 19.6 Å². The van der Waals surface area contributed by atoms with Crippen LogP contribution in [0, 0.1) is 10.1 Å². The molecule has 14 heteroatoms. The van der Waals surface area contributed by atoms with Gasteiger partial charge in [-0.15, -0.1) is 0 Å². The van der Waals surface area contributed by atoms with Crippen LogP contribution in [0.25, 0.3) is 11.0 Å². The average molecular weight is 515 g/mol. The zero-order valence-corrected chi connectivity index (χ0v) is 19.3. The van der Waals surface area contributed by atoms with Crippen LogP contribution in [0.4, 0.5) is 19.0 Å². The first-order valence-corrected chi connectivity index (χ1v) is 11.0. The Bertz CT molecular complexity index is 1250. The van der Waals surface area contributed by atoms with Gasteiger partial charge in [0.2, 0.25) is 0 Å². The fourth-order valence-corrected chi connectivity index (χ4v) is 4.13. The largest absolute Gasteiger partial charge is 0.455 e. The lowest BCUT2D eigenvalue weighted by atomic mass is 10.1. The van der Waals surface area contributed by atoms with Crippen LogP contribution >= 0.6 is 11.6 Å². The summed E-state index contributed by atoms with van der Waals surface area (Å²) >= 11 is 5.94. The van der Waals surface area contributed by atoms with Gasteiger partial charge in [0.15, 0.2) is 0 Å². The molecule has 1 unspecified atom stereocenters. The molecule has 3 aromatic rings. The predicted octanol–water partition coefficient (Wildman–Crippen LogP) is 3.61. The van der Waals surface area contributed by atoms with E-state index in [0.717, 1.165) is 12.1 Å². The lowest BCUT2D eigenvalue weighted by molar-refractivity contribution is -0.389. The third-order valence-electron chi connectivity index (χ3n) is 5.54. The van der Waals surface area contributed by atoms with Crippen LogP contribution in [0.15, 0.2) is 40.0 Å². The van der Waals surface area contributed by atoms with Crippen molar-refractivity contribution < 1.29 is 27.6 Å². The molecule has 1 aliphatic rings. The molecule has 1 atom stereocenters. The molecule has 188 valence electrons. The molecule has 1 aliphatic heterocycles. The van der Waals surface area contributed by atoms with Crippen molar-refractivity contribution in [3.63, 3.8) is 0 Å². The third kappa shape index (κ3) is 6.10. The monoisotopic (exact) mass is 514 g/mol. The minimum absolute atomic E-state index is 0.0349. The van der Waals surface area contributed by atoms with Crippen LogP contribution in [0.1, 0.15) is 18.2 Å². The second-order valence-electron chi connectivity index (χ2n) is 8.62. The highest BCUT2D eigenvalue weighted by molar-refractivity contribution is 6.28. The van der Waals surface area contributed by atoms with Gasteiger partial charge >= 0.3 is 17.3 Å². The van der Waals surface area contributed by atoms with Crippen LogP contribution in [0.3, 0.4) is 0 Å². The Kier molecular flexibility index (Phi) is 6.75. The smallest absolute Gasteiger partial charge is 0.416 e. The number of hydrogen-bond donors (Lipinski definition) is 1. The number of hydrogen-bond acceptors (Lipinski definition) is 8. The summed E-state index contributed by atoms with van der Waals surface area (Å²) in [4.78, 5) is 15.9. The number of imidazole rings is 1. The number of rotatable bonds is 7. The van der Waals surface area contributed by atoms with Crippen molar-refractivity contribution in [2.45, 2.75) is 25.2 Å². The molecule has 0 bridgehead atoms. The number of furan rings is 1. The summed E-state index contributed by atoms with van der Waals surface area (Å²) in [7, 11) is 0. The maximum absolute atomic E-state index is 12.9. The Morgan fingerprint density at radius 2 is 1.97 bits per heavy atom. The molecule has 1 aromatic carbocycles. The van der Waals surface area contributed by atoms with Crippen molar-refractivity contribution >= 4 is 34.6 Å². The van der Waals surface area contributed by atoms with Crippen molar-refractivity contribution in [2.75, 3.05) is 32.7 Å². The minimum Gasteiger partial charge on any atom is -0.455 e. The fourth-order valence-electron chi connectivity index (χ4n) is 3.93. The summed E-state index contributed by atoms with van der Waals surface area (Å²) in [6.45, 7) is 4.27. The van der Waals surface area contributed by atoms with E-state index in [2.05, 4.69) is 10.1 Å². The van der Waals surface area contributed by atoms with Crippen molar-refractivity contribution in [2.24, 2.45) is 5.10 Å². The molecule has 0 spiro atoms. The van der Waals surface area contributed by atoms with Crippen LogP contribution in [0.5, 0.6) is 0 Å². The van der Waals surface area contributed by atoms with E-state index in [9.17, 15) is 28.4 Å². The molecule has 0 saturated carbocycles. The van der Waals surface area contributed by atoms with Crippen molar-refractivity contribution in [1.82, 2.24) is 19.5 Å². The van der Waals surface area contributed by atoms with Gasteiger partial charge in [0.25, 0.3) is 0 Å². The predicted molar refractivity (Wildman–Crippen MR) is 121 cm³/mol. The Labute approximate surface area is 202 Å². The Hall–Kier alpha value is -3.16. The highest BCUT2D eigenvalue weighted by Gasteiger charge is 2.31. The number of piperazine rings is 1. The standard InChI is InChI=1S/C21H22ClF3N6O4/c1-20(32,13-29-11-18(31(33)34)27-19(29)22)12-28-4-6-30(7-5-28)26-10-16-9-14-8-15(21(23,24)25)2-3-17(14)35-16/h2-3,8-11,32H,4-7,12-13H2,1H3. The SMILES string of the molecule is CC(O)(CN1CCN(N=Cc2cc3cc(C(F)(F)F)ccc3o2)CC1)Cn1cc([N+](=O)[O-])nc1Cl. The number of alkyl halides is 3. The molecule has 35 heavy (non-hydrogen) atoms. The number of nitrogens with zero attached hydrogens (tertiary/aromatic N) is 6. The number of fused-ring (bicyclic) bond motifs is 1. The number of nitro groups is 1. The summed E-state index contributed by atoms with van der Waals surface area (Å²) in [5.41, 5.74) is -1.61. The van der Waals surface area contributed by atoms with Crippen molar-refractivity contribution in [1.29, 1.82) is 0 Å². The van der Waals surface area contributed by atoms with E-state index in [4.69, 9.17) is 16.0 Å². The number of aromatic nitrogens is 2. The van der Waals surface area contributed by atoms with E-state index in [1.807, 2.05) is 4.90 Å². The van der Waals surface area contributed by atoms with Crippen molar-refractivity contribution in [3.05, 3.63) is 57.2 Å². The number of β-amino-alcohol motifs (C(OH)–C–C–N with tert-alkyl or cyclic N) is 1. The third-order valence-corrected chi connectivity index (χ3v) is 5.84. The van der Waals surface area contributed by atoms with E-state index in [1.54, 1.807) is 11.9 Å². The summed E-state index contributed by atoms with van der Waals surface area (Å²) in [5, 5.41) is 28.1. The quantitative estimate of drug-likeness (QED) is 0.291. The van der Waals surface area contributed by atoms with Gasteiger partial charge in [0.1, 0.15) is 17.5 Å². The maximum atomic E-state index is 12.9. The number of hydrazone groups is 1. The molecular formula is C21H22ClF3N6O4. The van der Waals surface area contributed by atoms with Crippen molar-refractivity contribution in [3.8, 4) is 0 Å². The highest BCUT2D eigenvalue weighted by Crippen LogP contribution is 2.32. The lowest BCUT2D eigenvalue weighted by Gasteiger charge is -2.37. The van der Waals surface area contributed by atoms with E-state index >= 15 is 0 Å². The molecule has 1 N–H and O–H groups in total. The number of halogens is 4. The minimum atomic E-state index is -4.42.